The first-order valence-corrected chi connectivity index (χ1v) is 5.72. The second-order valence-electron chi connectivity index (χ2n) is 1.67. The fraction of sp³-hybridized carbons (Fsp3) is 0.250. The molecule has 0 N–H and O–H groups in total. The standard InChI is InChI=1S/C4H3Cl2NO2S2/c5-4(6)11(8,9)3-1-7-10-2-3/h1-2,4H. The van der Waals surface area contributed by atoms with Crippen molar-refractivity contribution in [2.45, 2.75) is 9.06 Å². The Hall–Kier alpha value is 0.160. The molecule has 0 aliphatic heterocycles. The molecule has 0 bridgehead atoms. The van der Waals surface area contributed by atoms with E-state index in [0.29, 0.717) is 0 Å². The molecule has 7 heteroatoms. The molecular formula is C4H3Cl2NO2S2. The van der Waals surface area contributed by atoms with Crippen LogP contribution in [0.2, 0.25) is 0 Å². The molecule has 0 saturated heterocycles. The first kappa shape index (κ1) is 9.25. The van der Waals surface area contributed by atoms with Gasteiger partial charge < -0.3 is 0 Å². The summed E-state index contributed by atoms with van der Waals surface area (Å²) < 4.78 is 24.4. The molecule has 62 valence electrons. The number of halogens is 2. The van der Waals surface area contributed by atoms with Crippen molar-refractivity contribution in [3.05, 3.63) is 11.6 Å². The van der Waals surface area contributed by atoms with Crippen LogP contribution in [0.15, 0.2) is 16.5 Å². The highest BCUT2D eigenvalue weighted by Crippen LogP contribution is 2.21. The van der Waals surface area contributed by atoms with Crippen molar-refractivity contribution in [3.63, 3.8) is 0 Å². The van der Waals surface area contributed by atoms with E-state index in [-0.39, 0.29) is 4.90 Å². The van der Waals surface area contributed by atoms with Crippen molar-refractivity contribution in [3.8, 4) is 0 Å². The summed E-state index contributed by atoms with van der Waals surface area (Å²) in [5, 5.41) is 1.38. The predicted molar refractivity (Wildman–Crippen MR) is 44.8 cm³/mol. The van der Waals surface area contributed by atoms with Crippen LogP contribution in [0.5, 0.6) is 0 Å². The zero-order valence-electron chi connectivity index (χ0n) is 5.07. The Bertz CT molecular complexity index is 318. The van der Waals surface area contributed by atoms with Crippen LogP contribution in [-0.2, 0) is 9.84 Å². The lowest BCUT2D eigenvalue weighted by molar-refractivity contribution is 0.599. The molecule has 0 fully saturated rings. The van der Waals surface area contributed by atoms with Crippen molar-refractivity contribution in [1.29, 1.82) is 0 Å². The van der Waals surface area contributed by atoms with Gasteiger partial charge in [0.2, 0.25) is 14.0 Å². The molecule has 0 amide bonds. The zero-order chi connectivity index (χ0) is 8.48. The van der Waals surface area contributed by atoms with E-state index in [1.54, 1.807) is 0 Å². The van der Waals surface area contributed by atoms with Crippen molar-refractivity contribution >= 4 is 44.6 Å². The van der Waals surface area contributed by atoms with Crippen molar-refractivity contribution in [2.24, 2.45) is 0 Å². The Morgan fingerprint density at radius 2 is 2.18 bits per heavy atom. The highest BCUT2D eigenvalue weighted by molar-refractivity contribution is 7.94. The van der Waals surface area contributed by atoms with E-state index in [2.05, 4.69) is 4.37 Å². The summed E-state index contributed by atoms with van der Waals surface area (Å²) in [7, 11) is -3.55. The summed E-state index contributed by atoms with van der Waals surface area (Å²) >= 11 is 11.5. The average molecular weight is 232 g/mol. The summed E-state index contributed by atoms with van der Waals surface area (Å²) in [6.07, 6.45) is 1.22. The quantitative estimate of drug-likeness (QED) is 0.729. The molecule has 0 aliphatic carbocycles. The van der Waals surface area contributed by atoms with Crippen LogP contribution < -0.4 is 0 Å². The molecule has 1 heterocycles. The lowest BCUT2D eigenvalue weighted by Gasteiger charge is -1.98. The molecular weight excluding hydrogens is 229 g/mol. The largest absolute Gasteiger partial charge is 0.221 e. The fourth-order valence-electron chi connectivity index (χ4n) is 0.439. The maximum absolute atomic E-state index is 11.1. The number of alkyl halides is 2. The molecule has 11 heavy (non-hydrogen) atoms. The lowest BCUT2D eigenvalue weighted by atomic mass is 10.8. The molecule has 0 unspecified atom stereocenters. The van der Waals surface area contributed by atoms with Gasteiger partial charge >= 0.3 is 0 Å². The monoisotopic (exact) mass is 231 g/mol. The minimum absolute atomic E-state index is 0.0671. The molecule has 1 aromatic rings. The normalized spacial score (nSPS) is 12.3. The van der Waals surface area contributed by atoms with Crippen molar-refractivity contribution in [1.82, 2.24) is 4.37 Å². The second kappa shape index (κ2) is 3.26. The first-order valence-electron chi connectivity index (χ1n) is 2.46. The minimum Gasteiger partial charge on any atom is -0.221 e. The van der Waals surface area contributed by atoms with Gasteiger partial charge in [-0.25, -0.2) is 8.42 Å². The van der Waals surface area contributed by atoms with Gasteiger partial charge in [0.15, 0.2) is 0 Å². The molecule has 3 nitrogen and oxygen atoms in total. The van der Waals surface area contributed by atoms with Gasteiger partial charge in [0, 0.05) is 5.38 Å². The van der Waals surface area contributed by atoms with Gasteiger partial charge in [0.25, 0.3) is 0 Å². The summed E-state index contributed by atoms with van der Waals surface area (Å²) in [5.74, 6) is 0. The Morgan fingerprint density at radius 3 is 2.55 bits per heavy atom. The number of sulfone groups is 1. The summed E-state index contributed by atoms with van der Waals surface area (Å²) in [5.41, 5.74) is 0. The van der Waals surface area contributed by atoms with E-state index in [0.717, 1.165) is 11.5 Å². The molecule has 0 saturated carbocycles. The zero-order valence-corrected chi connectivity index (χ0v) is 8.21. The van der Waals surface area contributed by atoms with E-state index in [9.17, 15) is 8.42 Å². The third-order valence-corrected chi connectivity index (χ3v) is 4.47. The Kier molecular flexibility index (Phi) is 2.74. The Morgan fingerprint density at radius 1 is 1.55 bits per heavy atom. The Balaban J connectivity index is 3.12. The maximum atomic E-state index is 11.1. The van der Waals surface area contributed by atoms with Crippen LogP contribution in [0.1, 0.15) is 0 Å². The Labute approximate surface area is 78.0 Å². The minimum atomic E-state index is -3.55. The number of rotatable bonds is 2. The summed E-state index contributed by atoms with van der Waals surface area (Å²) in [6.45, 7) is 0. The second-order valence-corrected chi connectivity index (χ2v) is 5.97. The smallest absolute Gasteiger partial charge is 0.212 e. The molecule has 0 atom stereocenters. The van der Waals surface area contributed by atoms with Gasteiger partial charge in [-0.05, 0) is 11.5 Å². The van der Waals surface area contributed by atoms with Crippen LogP contribution in [0.4, 0.5) is 0 Å². The highest BCUT2D eigenvalue weighted by atomic mass is 35.5. The number of hydrogen-bond acceptors (Lipinski definition) is 4. The van der Waals surface area contributed by atoms with Gasteiger partial charge in [0.05, 0.1) is 6.20 Å². The topological polar surface area (TPSA) is 47.0 Å². The summed E-state index contributed by atoms with van der Waals surface area (Å²) in [6, 6.07) is 0. The third kappa shape index (κ3) is 1.84. The van der Waals surface area contributed by atoms with E-state index in [1.165, 1.54) is 11.6 Å². The SMILES string of the molecule is O=S(=O)(c1cnsc1)C(Cl)Cl. The van der Waals surface area contributed by atoms with Gasteiger partial charge in [-0.3, -0.25) is 0 Å². The number of nitrogens with zero attached hydrogens (tertiary/aromatic N) is 1. The number of hydrogen-bond donors (Lipinski definition) is 0. The first-order chi connectivity index (χ1) is 5.05. The fourth-order valence-corrected chi connectivity index (χ4v) is 2.59. The third-order valence-electron chi connectivity index (χ3n) is 0.973. The van der Waals surface area contributed by atoms with Crippen LogP contribution in [0, 0.1) is 0 Å². The molecule has 1 rings (SSSR count). The van der Waals surface area contributed by atoms with Gasteiger partial charge in [-0.15, -0.1) is 0 Å². The van der Waals surface area contributed by atoms with Gasteiger partial charge in [0.1, 0.15) is 4.90 Å². The van der Waals surface area contributed by atoms with E-state index in [4.69, 9.17) is 23.2 Å². The molecule has 0 aliphatic rings. The van der Waals surface area contributed by atoms with Crippen molar-refractivity contribution < 1.29 is 8.42 Å². The van der Waals surface area contributed by atoms with E-state index >= 15 is 0 Å². The number of aromatic nitrogens is 1. The predicted octanol–water partition coefficient (Wildman–Crippen LogP) is 1.68. The van der Waals surface area contributed by atoms with Gasteiger partial charge in [-0.2, -0.15) is 4.37 Å². The van der Waals surface area contributed by atoms with Crippen LogP contribution in [-0.4, -0.2) is 17.0 Å². The van der Waals surface area contributed by atoms with Crippen LogP contribution >= 0.6 is 34.7 Å². The van der Waals surface area contributed by atoms with Crippen LogP contribution in [0.25, 0.3) is 0 Å². The lowest BCUT2D eigenvalue weighted by Crippen LogP contribution is -2.07. The van der Waals surface area contributed by atoms with E-state index in [1.807, 2.05) is 0 Å². The molecule has 0 aromatic carbocycles. The van der Waals surface area contributed by atoms with Gasteiger partial charge in [-0.1, -0.05) is 23.2 Å². The van der Waals surface area contributed by atoms with Crippen LogP contribution in [0.3, 0.4) is 0 Å². The van der Waals surface area contributed by atoms with E-state index < -0.39 is 14.0 Å². The maximum Gasteiger partial charge on any atom is 0.212 e. The molecule has 0 spiro atoms. The molecule has 0 radical (unpaired) electrons. The highest BCUT2D eigenvalue weighted by Gasteiger charge is 2.23. The summed E-state index contributed by atoms with van der Waals surface area (Å²) in [4.78, 5) is 0.0671. The molecule has 1 aromatic heterocycles. The average Bonchev–Trinajstić information content (AvgIpc) is 2.37. The van der Waals surface area contributed by atoms with Crippen molar-refractivity contribution in [2.75, 3.05) is 0 Å².